The molecule has 4 nitrogen and oxygen atoms in total. The van der Waals surface area contributed by atoms with E-state index in [-0.39, 0.29) is 6.10 Å². The third-order valence-corrected chi connectivity index (χ3v) is 6.09. The topological polar surface area (TPSA) is 41.3 Å². The van der Waals surface area contributed by atoms with E-state index < -0.39 is 0 Å². The lowest BCUT2D eigenvalue weighted by Crippen LogP contribution is -2.38. The second kappa shape index (κ2) is 5.78. The summed E-state index contributed by atoms with van der Waals surface area (Å²) < 4.78 is 3.12. The Morgan fingerprint density at radius 1 is 1.30 bits per heavy atom. The fraction of sp³-hybridized carbons (Fsp3) is 0.800. The summed E-state index contributed by atoms with van der Waals surface area (Å²) in [6.45, 7) is 4.12. The first-order chi connectivity index (χ1) is 9.58. The summed E-state index contributed by atoms with van der Waals surface area (Å²) in [4.78, 5) is 2.56. The molecule has 1 saturated carbocycles. The monoisotopic (exact) mass is 341 g/mol. The number of halogens is 1. The maximum absolute atomic E-state index is 10.2. The molecule has 20 heavy (non-hydrogen) atoms. The molecule has 0 radical (unpaired) electrons. The van der Waals surface area contributed by atoms with Gasteiger partial charge in [-0.15, -0.1) is 0 Å². The first-order valence-electron chi connectivity index (χ1n) is 7.68. The Morgan fingerprint density at radius 2 is 2.10 bits per heavy atom. The van der Waals surface area contributed by atoms with E-state index in [0.29, 0.717) is 12.0 Å². The molecule has 0 bridgehead atoms. The first-order valence-corrected chi connectivity index (χ1v) is 8.47. The molecule has 2 heterocycles. The summed E-state index contributed by atoms with van der Waals surface area (Å²) in [6.07, 6.45) is 5.76. The molecule has 1 saturated heterocycles. The van der Waals surface area contributed by atoms with E-state index in [2.05, 4.69) is 25.9 Å². The van der Waals surface area contributed by atoms with Crippen molar-refractivity contribution in [2.45, 2.75) is 57.7 Å². The number of rotatable bonds is 3. The second-order valence-electron chi connectivity index (χ2n) is 6.31. The highest BCUT2D eigenvalue weighted by atomic mass is 79.9. The van der Waals surface area contributed by atoms with Crippen LogP contribution in [-0.4, -0.2) is 38.5 Å². The van der Waals surface area contributed by atoms with Crippen molar-refractivity contribution < 1.29 is 5.11 Å². The number of aliphatic hydroxyl groups excluding tert-OH is 1. The highest BCUT2D eigenvalue weighted by Gasteiger charge is 2.38. The van der Waals surface area contributed by atoms with Crippen molar-refractivity contribution >= 4 is 15.9 Å². The van der Waals surface area contributed by atoms with E-state index in [1.807, 2.05) is 18.7 Å². The lowest BCUT2D eigenvalue weighted by molar-refractivity contribution is 0.0709. The third-order valence-electron chi connectivity index (χ3n) is 5.05. The van der Waals surface area contributed by atoms with Crippen molar-refractivity contribution in [2.75, 3.05) is 6.54 Å². The average molecular weight is 342 g/mol. The van der Waals surface area contributed by atoms with Gasteiger partial charge in [0.25, 0.3) is 0 Å². The molecule has 3 atom stereocenters. The largest absolute Gasteiger partial charge is 0.393 e. The number of aromatic nitrogens is 2. The van der Waals surface area contributed by atoms with Crippen molar-refractivity contribution in [3.05, 3.63) is 15.9 Å². The van der Waals surface area contributed by atoms with Crippen LogP contribution in [0.25, 0.3) is 0 Å². The zero-order valence-corrected chi connectivity index (χ0v) is 13.9. The Balaban J connectivity index is 1.76. The number of hydrogen-bond donors (Lipinski definition) is 1. The van der Waals surface area contributed by atoms with Crippen LogP contribution in [0.3, 0.4) is 0 Å². The zero-order valence-electron chi connectivity index (χ0n) is 12.3. The molecular weight excluding hydrogens is 318 g/mol. The molecular formula is C15H24BrN3O. The molecule has 2 aliphatic rings. The summed E-state index contributed by atoms with van der Waals surface area (Å²) in [6, 6.07) is 0.551. The summed E-state index contributed by atoms with van der Waals surface area (Å²) in [5.41, 5.74) is 2.31. The molecule has 3 rings (SSSR count). The molecule has 112 valence electrons. The van der Waals surface area contributed by atoms with Gasteiger partial charge in [-0.3, -0.25) is 9.58 Å². The smallest absolute Gasteiger partial charge is 0.0739 e. The third kappa shape index (κ3) is 2.55. The van der Waals surface area contributed by atoms with Gasteiger partial charge in [0.05, 0.1) is 22.0 Å². The normalized spacial score (nSPS) is 31.3. The van der Waals surface area contributed by atoms with Crippen LogP contribution in [0.4, 0.5) is 0 Å². The summed E-state index contributed by atoms with van der Waals surface area (Å²) in [5, 5.41) is 14.7. The summed E-state index contributed by atoms with van der Waals surface area (Å²) in [5.74, 6) is 0.477. The molecule has 5 heteroatoms. The van der Waals surface area contributed by atoms with Crippen LogP contribution in [0.15, 0.2) is 4.47 Å². The van der Waals surface area contributed by atoms with Gasteiger partial charge in [-0.1, -0.05) is 6.42 Å². The van der Waals surface area contributed by atoms with Gasteiger partial charge in [0.15, 0.2) is 0 Å². The zero-order chi connectivity index (χ0) is 14.3. The van der Waals surface area contributed by atoms with Gasteiger partial charge in [0.1, 0.15) is 0 Å². The fourth-order valence-corrected chi connectivity index (χ4v) is 4.46. The van der Waals surface area contributed by atoms with E-state index in [4.69, 9.17) is 0 Å². The Labute approximate surface area is 129 Å². The summed E-state index contributed by atoms with van der Waals surface area (Å²) >= 11 is 3.66. The second-order valence-corrected chi connectivity index (χ2v) is 7.10. The van der Waals surface area contributed by atoms with Crippen LogP contribution >= 0.6 is 15.9 Å². The van der Waals surface area contributed by atoms with E-state index in [0.717, 1.165) is 29.7 Å². The molecule has 1 aliphatic heterocycles. The van der Waals surface area contributed by atoms with Gasteiger partial charge in [-0.2, -0.15) is 5.10 Å². The van der Waals surface area contributed by atoms with Crippen LogP contribution in [0, 0.1) is 12.8 Å². The number of nitrogens with zero attached hydrogens (tertiary/aromatic N) is 3. The van der Waals surface area contributed by atoms with Crippen LogP contribution in [-0.2, 0) is 13.6 Å². The van der Waals surface area contributed by atoms with E-state index in [1.165, 1.54) is 31.4 Å². The first kappa shape index (κ1) is 14.5. The van der Waals surface area contributed by atoms with Crippen molar-refractivity contribution in [1.29, 1.82) is 0 Å². The highest BCUT2D eigenvalue weighted by molar-refractivity contribution is 9.10. The number of aliphatic hydroxyl groups is 1. The van der Waals surface area contributed by atoms with Crippen molar-refractivity contribution in [1.82, 2.24) is 14.7 Å². The molecule has 1 aliphatic carbocycles. The lowest BCUT2D eigenvalue weighted by atomic mass is 9.94. The predicted molar refractivity (Wildman–Crippen MR) is 82.4 cm³/mol. The van der Waals surface area contributed by atoms with Crippen LogP contribution in [0.5, 0.6) is 0 Å². The molecule has 0 amide bonds. The highest BCUT2D eigenvalue weighted by Crippen LogP contribution is 2.37. The van der Waals surface area contributed by atoms with Crippen molar-refractivity contribution in [3.8, 4) is 0 Å². The maximum Gasteiger partial charge on any atom is 0.0739 e. The lowest BCUT2D eigenvalue weighted by Gasteiger charge is -2.31. The maximum atomic E-state index is 10.2. The van der Waals surface area contributed by atoms with Gasteiger partial charge < -0.3 is 5.11 Å². The molecule has 2 fully saturated rings. The van der Waals surface area contributed by atoms with Gasteiger partial charge in [0, 0.05) is 25.6 Å². The number of aryl methyl sites for hydroxylation is 2. The van der Waals surface area contributed by atoms with Crippen LogP contribution in [0.1, 0.15) is 43.5 Å². The minimum absolute atomic E-state index is 0.0858. The van der Waals surface area contributed by atoms with Gasteiger partial charge in [-0.25, -0.2) is 0 Å². The van der Waals surface area contributed by atoms with E-state index in [1.54, 1.807) is 0 Å². The molecule has 1 aromatic rings. The molecule has 0 aromatic carbocycles. The number of likely N-dealkylation sites (tertiary alicyclic amines) is 1. The SMILES string of the molecule is Cc1nn(C)c(CN2CCCC2C2CCCC2O)c1Br. The standard InChI is InChI=1S/C15H24BrN3O/c1-10-15(16)13(18(2)17-10)9-19-8-4-6-12(19)11-5-3-7-14(11)20/h11-12,14,20H,3-9H2,1-2H3. The van der Waals surface area contributed by atoms with Gasteiger partial charge in [0.2, 0.25) is 0 Å². The fourth-order valence-electron chi connectivity index (χ4n) is 4.00. The van der Waals surface area contributed by atoms with Crippen LogP contribution in [0.2, 0.25) is 0 Å². The minimum atomic E-state index is -0.0858. The van der Waals surface area contributed by atoms with E-state index in [9.17, 15) is 5.11 Å². The molecule has 3 unspecified atom stereocenters. The van der Waals surface area contributed by atoms with Crippen molar-refractivity contribution in [2.24, 2.45) is 13.0 Å². The quantitative estimate of drug-likeness (QED) is 0.918. The van der Waals surface area contributed by atoms with Crippen molar-refractivity contribution in [3.63, 3.8) is 0 Å². The Bertz CT molecular complexity index is 488. The Morgan fingerprint density at radius 3 is 2.70 bits per heavy atom. The minimum Gasteiger partial charge on any atom is -0.393 e. The van der Waals surface area contributed by atoms with Gasteiger partial charge >= 0.3 is 0 Å². The Hall–Kier alpha value is -0.390. The molecule has 1 aromatic heterocycles. The molecule has 0 spiro atoms. The molecule has 1 N–H and O–H groups in total. The predicted octanol–water partition coefficient (Wildman–Crippen LogP) is 2.62. The Kier molecular flexibility index (Phi) is 4.20. The number of hydrogen-bond acceptors (Lipinski definition) is 3. The summed E-state index contributed by atoms with van der Waals surface area (Å²) in [7, 11) is 2.02. The van der Waals surface area contributed by atoms with Gasteiger partial charge in [-0.05, 0) is 55.1 Å². The average Bonchev–Trinajstić information content (AvgIpc) is 3.07. The van der Waals surface area contributed by atoms with Crippen LogP contribution < -0.4 is 0 Å². The van der Waals surface area contributed by atoms with E-state index >= 15 is 0 Å².